The van der Waals surface area contributed by atoms with E-state index < -0.39 is 22.7 Å². The number of hydrogen-bond acceptors (Lipinski definition) is 3. The molecule has 2 aromatic carbocycles. The molecule has 1 atom stereocenters. The summed E-state index contributed by atoms with van der Waals surface area (Å²) in [6.07, 6.45) is -2.64. The van der Waals surface area contributed by atoms with Crippen molar-refractivity contribution in [2.24, 2.45) is 5.14 Å². The second-order valence-electron chi connectivity index (χ2n) is 6.28. The summed E-state index contributed by atoms with van der Waals surface area (Å²) in [5.74, 6) is -0.370. The van der Waals surface area contributed by atoms with E-state index in [2.05, 4.69) is 10.3 Å². The summed E-state index contributed by atoms with van der Waals surface area (Å²) in [6, 6.07) is 12.0. The molecular formula is C20H15ClF3N3O2S. The van der Waals surface area contributed by atoms with Gasteiger partial charge in [-0.25, -0.2) is 9.35 Å². The molecular weight excluding hydrogens is 439 g/mol. The third-order valence-electron chi connectivity index (χ3n) is 4.17. The fraction of sp³-hybridized carbons (Fsp3) is 0.100. The van der Waals surface area contributed by atoms with Gasteiger partial charge in [-0.15, -0.1) is 0 Å². The van der Waals surface area contributed by atoms with Crippen LogP contribution in [0.1, 0.15) is 11.1 Å². The molecule has 0 aliphatic heterocycles. The lowest BCUT2D eigenvalue weighted by molar-refractivity contribution is -0.137. The van der Waals surface area contributed by atoms with E-state index in [1.54, 1.807) is 24.3 Å². The number of carbonyl (C=O) groups excluding carboxylic acids is 1. The predicted octanol–water partition coefficient (Wildman–Crippen LogP) is 4.58. The number of hydrogen-bond donors (Lipinski definition) is 2. The largest absolute Gasteiger partial charge is 0.417 e. The smallest absolute Gasteiger partial charge is 0.326 e. The molecule has 1 amide bonds. The van der Waals surface area contributed by atoms with Crippen LogP contribution in [0.25, 0.3) is 11.1 Å². The molecule has 1 unspecified atom stereocenters. The second-order valence-corrected chi connectivity index (χ2v) is 7.73. The zero-order valence-corrected chi connectivity index (χ0v) is 16.8. The van der Waals surface area contributed by atoms with Gasteiger partial charge in [0.25, 0.3) is 0 Å². The van der Waals surface area contributed by atoms with Crippen LogP contribution in [0.15, 0.2) is 65.8 Å². The van der Waals surface area contributed by atoms with Gasteiger partial charge in [-0.3, -0.25) is 9.78 Å². The van der Waals surface area contributed by atoms with Crippen LogP contribution in [0, 0.1) is 0 Å². The molecule has 30 heavy (non-hydrogen) atoms. The quantitative estimate of drug-likeness (QED) is 0.592. The van der Waals surface area contributed by atoms with Crippen molar-refractivity contribution in [1.29, 1.82) is 0 Å². The minimum absolute atomic E-state index is 0.0139. The highest BCUT2D eigenvalue weighted by Gasteiger charge is 2.31. The number of rotatable bonds is 5. The Kier molecular flexibility index (Phi) is 6.55. The number of pyridine rings is 1. The molecule has 5 nitrogen and oxygen atoms in total. The van der Waals surface area contributed by atoms with Gasteiger partial charge < -0.3 is 5.32 Å². The SMILES string of the molecule is NS(=O)c1cc(NC(=O)Cc2ccccc2Cl)ccc1-c1cncc(C(F)(F)F)c1. The van der Waals surface area contributed by atoms with E-state index >= 15 is 0 Å². The van der Waals surface area contributed by atoms with Crippen molar-refractivity contribution in [3.05, 3.63) is 77.1 Å². The van der Waals surface area contributed by atoms with Gasteiger partial charge in [-0.05, 0) is 29.8 Å². The maximum Gasteiger partial charge on any atom is 0.417 e. The van der Waals surface area contributed by atoms with E-state index in [9.17, 15) is 22.2 Å². The fourth-order valence-electron chi connectivity index (χ4n) is 2.77. The molecule has 0 fully saturated rings. The van der Waals surface area contributed by atoms with Crippen molar-refractivity contribution in [1.82, 2.24) is 4.98 Å². The highest BCUT2D eigenvalue weighted by molar-refractivity contribution is 7.82. The number of carbonyl (C=O) groups is 1. The highest BCUT2D eigenvalue weighted by atomic mass is 35.5. The second kappa shape index (κ2) is 8.95. The van der Waals surface area contributed by atoms with Gasteiger partial charge in [0.05, 0.1) is 16.9 Å². The summed E-state index contributed by atoms with van der Waals surface area (Å²) in [6.45, 7) is 0. The van der Waals surface area contributed by atoms with E-state index in [4.69, 9.17) is 16.7 Å². The molecule has 0 spiro atoms. The van der Waals surface area contributed by atoms with Crippen LogP contribution in [-0.4, -0.2) is 15.1 Å². The summed E-state index contributed by atoms with van der Waals surface area (Å²) in [5, 5.41) is 8.61. The molecule has 0 saturated heterocycles. The zero-order chi connectivity index (χ0) is 21.9. The van der Waals surface area contributed by atoms with Gasteiger partial charge in [0, 0.05) is 34.2 Å². The maximum atomic E-state index is 13.0. The Labute approximate surface area is 177 Å². The third-order valence-corrected chi connectivity index (χ3v) is 5.31. The summed E-state index contributed by atoms with van der Waals surface area (Å²) < 4.78 is 50.9. The van der Waals surface area contributed by atoms with Crippen LogP contribution in [0.4, 0.5) is 18.9 Å². The van der Waals surface area contributed by atoms with Gasteiger partial charge in [-0.2, -0.15) is 13.2 Å². The molecule has 0 bridgehead atoms. The Morgan fingerprint density at radius 2 is 1.87 bits per heavy atom. The molecule has 156 valence electrons. The van der Waals surface area contributed by atoms with Gasteiger partial charge in [0.1, 0.15) is 11.0 Å². The van der Waals surface area contributed by atoms with Gasteiger partial charge in [0.15, 0.2) is 0 Å². The van der Waals surface area contributed by atoms with Crippen molar-refractivity contribution >= 4 is 34.2 Å². The average Bonchev–Trinajstić information content (AvgIpc) is 2.69. The molecule has 1 heterocycles. The van der Waals surface area contributed by atoms with Crippen LogP contribution >= 0.6 is 11.6 Å². The lowest BCUT2D eigenvalue weighted by Gasteiger charge is -2.13. The first-order valence-electron chi connectivity index (χ1n) is 8.51. The van der Waals surface area contributed by atoms with Crippen molar-refractivity contribution in [2.75, 3.05) is 5.32 Å². The number of nitrogens with one attached hydrogen (secondary N) is 1. The molecule has 0 aliphatic carbocycles. The summed E-state index contributed by atoms with van der Waals surface area (Å²) in [4.78, 5) is 16.0. The zero-order valence-electron chi connectivity index (χ0n) is 15.2. The van der Waals surface area contributed by atoms with Gasteiger partial charge in [0.2, 0.25) is 5.91 Å². The Balaban J connectivity index is 1.88. The first-order chi connectivity index (χ1) is 14.1. The van der Waals surface area contributed by atoms with Crippen LogP contribution in [-0.2, 0) is 28.4 Å². The van der Waals surface area contributed by atoms with Crippen LogP contribution in [0.2, 0.25) is 5.02 Å². The average molecular weight is 454 g/mol. The molecule has 0 saturated carbocycles. The number of alkyl halides is 3. The Hall–Kier alpha value is -2.75. The number of aromatic nitrogens is 1. The fourth-order valence-corrected chi connectivity index (χ4v) is 3.62. The molecule has 0 aliphatic rings. The molecule has 1 aromatic heterocycles. The number of nitrogens with zero attached hydrogens (tertiary/aromatic N) is 1. The number of anilines is 1. The Bertz CT molecular complexity index is 1120. The van der Waals surface area contributed by atoms with E-state index in [1.807, 2.05) is 0 Å². The van der Waals surface area contributed by atoms with Crippen molar-refractivity contribution in [3.63, 3.8) is 0 Å². The molecule has 3 N–H and O–H groups in total. The number of benzene rings is 2. The van der Waals surface area contributed by atoms with Gasteiger partial charge in [-0.1, -0.05) is 35.9 Å². The first-order valence-corrected chi connectivity index (χ1v) is 10.1. The van der Waals surface area contributed by atoms with E-state index in [0.29, 0.717) is 22.5 Å². The third kappa shape index (κ3) is 5.24. The van der Waals surface area contributed by atoms with Crippen LogP contribution in [0.5, 0.6) is 0 Å². The minimum Gasteiger partial charge on any atom is -0.326 e. The first kappa shape index (κ1) is 21.9. The summed E-state index contributed by atoms with van der Waals surface area (Å²) >= 11 is 6.05. The summed E-state index contributed by atoms with van der Waals surface area (Å²) in [7, 11) is -2.02. The molecule has 3 aromatic rings. The number of nitrogens with two attached hydrogens (primary N) is 1. The monoisotopic (exact) mass is 453 g/mol. The number of halogens is 4. The van der Waals surface area contributed by atoms with Gasteiger partial charge >= 0.3 is 6.18 Å². The Morgan fingerprint density at radius 3 is 2.53 bits per heavy atom. The van der Waals surface area contributed by atoms with E-state index in [0.717, 1.165) is 6.07 Å². The molecule has 0 radical (unpaired) electrons. The highest BCUT2D eigenvalue weighted by Crippen LogP contribution is 2.33. The predicted molar refractivity (Wildman–Crippen MR) is 109 cm³/mol. The van der Waals surface area contributed by atoms with Crippen LogP contribution < -0.4 is 10.5 Å². The van der Waals surface area contributed by atoms with E-state index in [-0.39, 0.29) is 28.4 Å². The lowest BCUT2D eigenvalue weighted by atomic mass is 10.0. The molecule has 10 heteroatoms. The minimum atomic E-state index is -4.57. The van der Waals surface area contributed by atoms with Crippen molar-refractivity contribution < 1.29 is 22.2 Å². The number of amides is 1. The normalized spacial score (nSPS) is 12.4. The molecule has 3 rings (SSSR count). The van der Waals surface area contributed by atoms with Crippen LogP contribution in [0.3, 0.4) is 0 Å². The summed E-state index contributed by atoms with van der Waals surface area (Å²) in [5.41, 5.74) is 0.312. The standard InChI is InChI=1S/C20H15ClF3N3O2S/c21-17-4-2-1-3-12(17)8-19(28)27-15-5-6-16(18(9-15)30(25)29)13-7-14(11-26-10-13)20(22,23)24/h1-7,9-11H,8,25H2,(H,27,28). The lowest BCUT2D eigenvalue weighted by Crippen LogP contribution is -2.15. The maximum absolute atomic E-state index is 13.0. The van der Waals surface area contributed by atoms with Crippen molar-refractivity contribution in [3.8, 4) is 11.1 Å². The topological polar surface area (TPSA) is 85.1 Å². The van der Waals surface area contributed by atoms with Crippen molar-refractivity contribution in [2.45, 2.75) is 17.5 Å². The van der Waals surface area contributed by atoms with E-state index in [1.165, 1.54) is 24.4 Å². The Morgan fingerprint density at radius 1 is 1.13 bits per heavy atom.